The van der Waals surface area contributed by atoms with Crippen molar-refractivity contribution in [2.75, 3.05) is 24.5 Å². The molecule has 21 heavy (non-hydrogen) atoms. The molecule has 1 aliphatic heterocycles. The molecule has 1 fully saturated rings. The SMILES string of the molecule is C[C@@H]1CN(c2n[nH]c(C3Cc4ccccc4C3)n2)CCN1. The van der Waals surface area contributed by atoms with Gasteiger partial charge in [0.25, 0.3) is 0 Å². The molecule has 1 aliphatic carbocycles. The van der Waals surface area contributed by atoms with Gasteiger partial charge in [0.05, 0.1) is 0 Å². The molecule has 1 aromatic heterocycles. The van der Waals surface area contributed by atoms with Crippen LogP contribution in [-0.2, 0) is 12.8 Å². The van der Waals surface area contributed by atoms with Crippen LogP contribution in [-0.4, -0.2) is 40.9 Å². The van der Waals surface area contributed by atoms with Gasteiger partial charge >= 0.3 is 0 Å². The van der Waals surface area contributed by atoms with Crippen LogP contribution in [0, 0.1) is 0 Å². The average Bonchev–Trinajstić information content (AvgIpc) is 3.14. The maximum absolute atomic E-state index is 4.76. The molecule has 110 valence electrons. The van der Waals surface area contributed by atoms with Gasteiger partial charge in [0.15, 0.2) is 0 Å². The molecule has 4 rings (SSSR count). The predicted octanol–water partition coefficient (Wildman–Crippen LogP) is 1.49. The Labute approximate surface area is 124 Å². The zero-order chi connectivity index (χ0) is 14.2. The van der Waals surface area contributed by atoms with Crippen LogP contribution in [0.4, 0.5) is 5.95 Å². The lowest BCUT2D eigenvalue weighted by Crippen LogP contribution is -2.49. The predicted molar refractivity (Wildman–Crippen MR) is 82.7 cm³/mol. The minimum atomic E-state index is 0.448. The molecule has 5 nitrogen and oxygen atoms in total. The second-order valence-corrected chi connectivity index (χ2v) is 6.20. The van der Waals surface area contributed by atoms with E-state index in [0.29, 0.717) is 12.0 Å². The number of nitrogens with one attached hydrogen (secondary N) is 2. The van der Waals surface area contributed by atoms with Crippen LogP contribution >= 0.6 is 0 Å². The standard InChI is InChI=1S/C16H21N5/c1-11-10-21(7-6-17-11)16-18-15(19-20-16)14-8-12-4-2-3-5-13(12)9-14/h2-5,11,14,17H,6-10H2,1H3,(H,18,19,20)/t11-/m1/s1. The number of hydrogen-bond acceptors (Lipinski definition) is 4. The lowest BCUT2D eigenvalue weighted by molar-refractivity contribution is 0.479. The summed E-state index contributed by atoms with van der Waals surface area (Å²) in [5.74, 6) is 2.34. The number of nitrogens with zero attached hydrogens (tertiary/aromatic N) is 3. The van der Waals surface area contributed by atoms with Crippen molar-refractivity contribution in [3.8, 4) is 0 Å². The van der Waals surface area contributed by atoms with Gasteiger partial charge in [-0.3, -0.25) is 5.10 Å². The molecule has 0 saturated carbocycles. The number of H-pyrrole nitrogens is 1. The van der Waals surface area contributed by atoms with E-state index in [0.717, 1.165) is 44.2 Å². The Balaban J connectivity index is 1.51. The number of aromatic amines is 1. The molecule has 1 atom stereocenters. The highest BCUT2D eigenvalue weighted by atomic mass is 15.4. The third-order valence-electron chi connectivity index (χ3n) is 4.58. The van der Waals surface area contributed by atoms with Crippen molar-refractivity contribution in [1.82, 2.24) is 20.5 Å². The lowest BCUT2D eigenvalue weighted by Gasteiger charge is -2.30. The van der Waals surface area contributed by atoms with E-state index < -0.39 is 0 Å². The summed E-state index contributed by atoms with van der Waals surface area (Å²) < 4.78 is 0. The molecule has 0 radical (unpaired) electrons. The Hall–Kier alpha value is -1.88. The molecule has 5 heteroatoms. The van der Waals surface area contributed by atoms with Gasteiger partial charge in [0.1, 0.15) is 5.82 Å². The number of hydrogen-bond donors (Lipinski definition) is 2. The fraction of sp³-hybridized carbons (Fsp3) is 0.500. The Morgan fingerprint density at radius 3 is 2.67 bits per heavy atom. The first-order chi connectivity index (χ1) is 10.3. The lowest BCUT2D eigenvalue weighted by atomic mass is 10.1. The highest BCUT2D eigenvalue weighted by Crippen LogP contribution is 2.32. The van der Waals surface area contributed by atoms with Gasteiger partial charge in [-0.1, -0.05) is 24.3 Å². The van der Waals surface area contributed by atoms with Crippen molar-refractivity contribution in [1.29, 1.82) is 0 Å². The van der Waals surface area contributed by atoms with Gasteiger partial charge in [0.2, 0.25) is 5.95 Å². The first-order valence-corrected chi connectivity index (χ1v) is 7.77. The number of rotatable bonds is 2. The molecule has 0 unspecified atom stereocenters. The van der Waals surface area contributed by atoms with Crippen molar-refractivity contribution in [3.05, 3.63) is 41.2 Å². The fourth-order valence-corrected chi connectivity index (χ4v) is 3.46. The topological polar surface area (TPSA) is 56.8 Å². The van der Waals surface area contributed by atoms with Gasteiger partial charge < -0.3 is 10.2 Å². The van der Waals surface area contributed by atoms with Crippen LogP contribution in [0.25, 0.3) is 0 Å². The summed E-state index contributed by atoms with van der Waals surface area (Å²) in [6.45, 7) is 5.15. The van der Waals surface area contributed by atoms with E-state index in [2.05, 4.69) is 51.6 Å². The maximum atomic E-state index is 4.76. The molecule has 1 aromatic carbocycles. The summed E-state index contributed by atoms with van der Waals surface area (Å²) in [6, 6.07) is 9.19. The molecular weight excluding hydrogens is 262 g/mol. The van der Waals surface area contributed by atoms with Crippen LogP contribution in [0.3, 0.4) is 0 Å². The molecular formula is C16H21N5. The van der Waals surface area contributed by atoms with Crippen LogP contribution in [0.2, 0.25) is 0 Å². The Kier molecular flexibility index (Phi) is 3.15. The Bertz CT molecular complexity index is 610. The first-order valence-electron chi connectivity index (χ1n) is 7.77. The van der Waals surface area contributed by atoms with E-state index in [-0.39, 0.29) is 0 Å². The smallest absolute Gasteiger partial charge is 0.244 e. The second-order valence-electron chi connectivity index (χ2n) is 6.20. The van der Waals surface area contributed by atoms with Crippen LogP contribution in [0.1, 0.15) is 29.8 Å². The molecule has 2 heterocycles. The van der Waals surface area contributed by atoms with Gasteiger partial charge in [-0.25, -0.2) is 0 Å². The highest BCUT2D eigenvalue weighted by molar-refractivity contribution is 5.37. The monoisotopic (exact) mass is 283 g/mol. The summed E-state index contributed by atoms with van der Waals surface area (Å²) in [4.78, 5) is 7.03. The van der Waals surface area contributed by atoms with Gasteiger partial charge in [-0.2, -0.15) is 4.98 Å². The van der Waals surface area contributed by atoms with Crippen molar-refractivity contribution in [3.63, 3.8) is 0 Å². The minimum absolute atomic E-state index is 0.448. The van der Waals surface area contributed by atoms with Crippen molar-refractivity contribution in [2.45, 2.75) is 31.7 Å². The van der Waals surface area contributed by atoms with E-state index in [1.165, 1.54) is 11.1 Å². The zero-order valence-electron chi connectivity index (χ0n) is 12.3. The van der Waals surface area contributed by atoms with E-state index in [1.54, 1.807) is 0 Å². The quantitative estimate of drug-likeness (QED) is 0.876. The molecule has 0 spiro atoms. The fourth-order valence-electron chi connectivity index (χ4n) is 3.46. The third-order valence-corrected chi connectivity index (χ3v) is 4.58. The number of fused-ring (bicyclic) bond motifs is 1. The molecule has 2 N–H and O–H groups in total. The molecule has 0 amide bonds. The number of piperazine rings is 1. The van der Waals surface area contributed by atoms with E-state index >= 15 is 0 Å². The first kappa shape index (κ1) is 12.8. The van der Waals surface area contributed by atoms with Crippen molar-refractivity contribution < 1.29 is 0 Å². The van der Waals surface area contributed by atoms with Crippen molar-refractivity contribution in [2.24, 2.45) is 0 Å². The highest BCUT2D eigenvalue weighted by Gasteiger charge is 2.26. The summed E-state index contributed by atoms with van der Waals surface area (Å²) in [7, 11) is 0. The molecule has 0 bridgehead atoms. The normalized spacial score (nSPS) is 22.5. The summed E-state index contributed by atoms with van der Waals surface area (Å²) in [5, 5.41) is 11.1. The van der Waals surface area contributed by atoms with Gasteiger partial charge in [-0.05, 0) is 30.9 Å². The van der Waals surface area contributed by atoms with Crippen molar-refractivity contribution >= 4 is 5.95 Å². The summed E-state index contributed by atoms with van der Waals surface area (Å²) >= 11 is 0. The van der Waals surface area contributed by atoms with Gasteiger partial charge in [0, 0.05) is 31.6 Å². The summed E-state index contributed by atoms with van der Waals surface area (Å²) in [6.07, 6.45) is 2.14. The number of benzene rings is 1. The number of aromatic nitrogens is 3. The van der Waals surface area contributed by atoms with E-state index in [1.807, 2.05) is 0 Å². The maximum Gasteiger partial charge on any atom is 0.244 e. The molecule has 2 aliphatic rings. The molecule has 2 aromatic rings. The molecule has 1 saturated heterocycles. The number of anilines is 1. The van der Waals surface area contributed by atoms with E-state index in [4.69, 9.17) is 4.98 Å². The minimum Gasteiger partial charge on any atom is -0.337 e. The van der Waals surface area contributed by atoms with Crippen LogP contribution < -0.4 is 10.2 Å². The third kappa shape index (κ3) is 2.42. The second kappa shape index (κ2) is 5.15. The van der Waals surface area contributed by atoms with E-state index in [9.17, 15) is 0 Å². The summed E-state index contributed by atoms with van der Waals surface area (Å²) in [5.41, 5.74) is 2.91. The largest absolute Gasteiger partial charge is 0.337 e. The zero-order valence-corrected chi connectivity index (χ0v) is 12.3. The van der Waals surface area contributed by atoms with Crippen LogP contribution in [0.5, 0.6) is 0 Å². The van der Waals surface area contributed by atoms with Gasteiger partial charge in [-0.15, -0.1) is 5.10 Å². The Morgan fingerprint density at radius 2 is 1.95 bits per heavy atom. The Morgan fingerprint density at radius 1 is 1.19 bits per heavy atom. The van der Waals surface area contributed by atoms with Crippen LogP contribution in [0.15, 0.2) is 24.3 Å². The average molecular weight is 283 g/mol.